The molecule has 0 aliphatic carbocycles. The highest BCUT2D eigenvalue weighted by Gasteiger charge is 2.10. The molecule has 2 aromatic heterocycles. The van der Waals surface area contributed by atoms with Crippen LogP contribution in [0.1, 0.15) is 17.1 Å². The van der Waals surface area contributed by atoms with Gasteiger partial charge in [0.2, 0.25) is 0 Å². The SMILES string of the molecule is Cc1ccc(CNC(=O)/C(C#N)=C/c2ccc3cc[nH]c3c2)o1. The number of nitrogens with one attached hydrogen (secondary N) is 2. The summed E-state index contributed by atoms with van der Waals surface area (Å²) in [5, 5.41) is 13.0. The van der Waals surface area contributed by atoms with Gasteiger partial charge in [0, 0.05) is 11.7 Å². The number of fused-ring (bicyclic) bond motifs is 1. The summed E-state index contributed by atoms with van der Waals surface area (Å²) >= 11 is 0. The van der Waals surface area contributed by atoms with Crippen LogP contribution >= 0.6 is 0 Å². The summed E-state index contributed by atoms with van der Waals surface area (Å²) in [5.74, 6) is 1.01. The van der Waals surface area contributed by atoms with Crippen LogP contribution in [0.5, 0.6) is 0 Å². The second-order valence-corrected chi connectivity index (χ2v) is 5.19. The zero-order chi connectivity index (χ0) is 16.2. The van der Waals surface area contributed by atoms with Gasteiger partial charge < -0.3 is 14.7 Å². The fourth-order valence-electron chi connectivity index (χ4n) is 2.31. The van der Waals surface area contributed by atoms with Gasteiger partial charge in [-0.1, -0.05) is 12.1 Å². The van der Waals surface area contributed by atoms with Gasteiger partial charge in [0.25, 0.3) is 5.91 Å². The van der Waals surface area contributed by atoms with Crippen molar-refractivity contribution in [3.63, 3.8) is 0 Å². The van der Waals surface area contributed by atoms with Gasteiger partial charge in [-0.05, 0) is 48.2 Å². The van der Waals surface area contributed by atoms with Crippen LogP contribution in [0.25, 0.3) is 17.0 Å². The number of aryl methyl sites for hydroxylation is 1. The van der Waals surface area contributed by atoms with Gasteiger partial charge in [-0.3, -0.25) is 4.79 Å². The molecule has 0 spiro atoms. The average molecular weight is 305 g/mol. The van der Waals surface area contributed by atoms with Crippen LogP contribution in [0.15, 0.2) is 52.6 Å². The smallest absolute Gasteiger partial charge is 0.262 e. The van der Waals surface area contributed by atoms with Crippen LogP contribution < -0.4 is 5.32 Å². The number of hydrogen-bond donors (Lipinski definition) is 2. The number of carbonyl (C=O) groups excluding carboxylic acids is 1. The van der Waals surface area contributed by atoms with Gasteiger partial charge in [-0.2, -0.15) is 5.26 Å². The van der Waals surface area contributed by atoms with Crippen LogP contribution in [0.4, 0.5) is 0 Å². The second-order valence-electron chi connectivity index (χ2n) is 5.19. The second kappa shape index (κ2) is 6.24. The van der Waals surface area contributed by atoms with E-state index < -0.39 is 5.91 Å². The quantitative estimate of drug-likeness (QED) is 0.573. The standard InChI is InChI=1S/C18H15N3O2/c1-12-2-5-16(23-12)11-21-18(22)15(10-19)8-13-3-4-14-6-7-20-17(14)9-13/h2-9,20H,11H2,1H3,(H,21,22)/b15-8+. The Labute approximate surface area is 133 Å². The Hall–Kier alpha value is -3.26. The molecule has 0 aliphatic rings. The zero-order valence-corrected chi connectivity index (χ0v) is 12.6. The number of aromatic amines is 1. The van der Waals surface area contributed by atoms with E-state index in [1.54, 1.807) is 12.1 Å². The van der Waals surface area contributed by atoms with Crippen molar-refractivity contribution in [2.45, 2.75) is 13.5 Å². The molecule has 0 saturated carbocycles. The first-order valence-electron chi connectivity index (χ1n) is 7.18. The highest BCUT2D eigenvalue weighted by atomic mass is 16.3. The summed E-state index contributed by atoms with van der Waals surface area (Å²) in [5.41, 5.74) is 1.81. The summed E-state index contributed by atoms with van der Waals surface area (Å²) in [6.07, 6.45) is 3.42. The highest BCUT2D eigenvalue weighted by Crippen LogP contribution is 2.16. The Morgan fingerprint density at radius 2 is 2.22 bits per heavy atom. The highest BCUT2D eigenvalue weighted by molar-refractivity contribution is 6.02. The number of rotatable bonds is 4. The van der Waals surface area contributed by atoms with Gasteiger partial charge >= 0.3 is 0 Å². The van der Waals surface area contributed by atoms with Gasteiger partial charge in [0.15, 0.2) is 0 Å². The molecule has 5 nitrogen and oxygen atoms in total. The molecule has 23 heavy (non-hydrogen) atoms. The first-order chi connectivity index (χ1) is 11.2. The number of nitrogens with zero attached hydrogens (tertiary/aromatic N) is 1. The van der Waals surface area contributed by atoms with Crippen molar-refractivity contribution in [1.29, 1.82) is 5.26 Å². The van der Waals surface area contributed by atoms with Crippen molar-refractivity contribution >= 4 is 22.9 Å². The molecule has 1 aromatic carbocycles. The normalized spacial score (nSPS) is 11.4. The van der Waals surface area contributed by atoms with E-state index in [1.165, 1.54) is 0 Å². The van der Waals surface area contributed by atoms with Crippen molar-refractivity contribution in [1.82, 2.24) is 10.3 Å². The largest absolute Gasteiger partial charge is 0.465 e. The Balaban J connectivity index is 1.75. The van der Waals surface area contributed by atoms with Crippen molar-refractivity contribution < 1.29 is 9.21 Å². The van der Waals surface area contributed by atoms with E-state index in [4.69, 9.17) is 4.42 Å². The van der Waals surface area contributed by atoms with Gasteiger partial charge in [-0.15, -0.1) is 0 Å². The summed E-state index contributed by atoms with van der Waals surface area (Å²) in [4.78, 5) is 15.2. The molecule has 0 unspecified atom stereocenters. The minimum absolute atomic E-state index is 0.0548. The number of aromatic nitrogens is 1. The molecule has 0 atom stereocenters. The van der Waals surface area contributed by atoms with E-state index >= 15 is 0 Å². The molecule has 3 aromatic rings. The lowest BCUT2D eigenvalue weighted by molar-refractivity contribution is -0.117. The number of H-pyrrole nitrogens is 1. The predicted molar refractivity (Wildman–Crippen MR) is 87.2 cm³/mol. The third kappa shape index (κ3) is 3.33. The van der Waals surface area contributed by atoms with E-state index in [0.717, 1.165) is 22.2 Å². The van der Waals surface area contributed by atoms with Crippen molar-refractivity contribution in [2.75, 3.05) is 0 Å². The molecule has 0 fully saturated rings. The van der Waals surface area contributed by atoms with E-state index in [1.807, 2.05) is 49.5 Å². The van der Waals surface area contributed by atoms with Crippen molar-refractivity contribution in [3.05, 3.63) is 65.3 Å². The van der Waals surface area contributed by atoms with E-state index in [9.17, 15) is 10.1 Å². The van der Waals surface area contributed by atoms with Crippen LogP contribution in [0, 0.1) is 18.3 Å². The van der Waals surface area contributed by atoms with Gasteiger partial charge in [0.1, 0.15) is 23.2 Å². The molecule has 0 aliphatic heterocycles. The maximum absolute atomic E-state index is 12.1. The van der Waals surface area contributed by atoms with Crippen molar-refractivity contribution in [2.24, 2.45) is 0 Å². The van der Waals surface area contributed by atoms with Gasteiger partial charge in [-0.25, -0.2) is 0 Å². The van der Waals surface area contributed by atoms with E-state index in [-0.39, 0.29) is 12.1 Å². The maximum Gasteiger partial charge on any atom is 0.262 e. The van der Waals surface area contributed by atoms with Gasteiger partial charge in [0.05, 0.1) is 6.54 Å². The van der Waals surface area contributed by atoms with Crippen LogP contribution in [-0.2, 0) is 11.3 Å². The summed E-state index contributed by atoms with van der Waals surface area (Å²) < 4.78 is 5.38. The maximum atomic E-state index is 12.1. The molecule has 1 amide bonds. The van der Waals surface area contributed by atoms with Crippen LogP contribution in [0.2, 0.25) is 0 Å². The summed E-state index contributed by atoms with van der Waals surface area (Å²) in [6, 6.07) is 13.2. The fourth-order valence-corrected chi connectivity index (χ4v) is 2.31. The first-order valence-corrected chi connectivity index (χ1v) is 7.18. The molecule has 0 bridgehead atoms. The number of furan rings is 1. The van der Waals surface area contributed by atoms with Crippen LogP contribution in [-0.4, -0.2) is 10.9 Å². The Bertz CT molecular complexity index is 925. The molecule has 3 rings (SSSR count). The third-order valence-electron chi connectivity index (χ3n) is 3.47. The Kier molecular flexibility index (Phi) is 3.98. The predicted octanol–water partition coefficient (Wildman–Crippen LogP) is 3.29. The first kappa shape index (κ1) is 14.7. The van der Waals surface area contributed by atoms with E-state index in [2.05, 4.69) is 10.3 Å². The lowest BCUT2D eigenvalue weighted by atomic mass is 10.1. The summed E-state index contributed by atoms with van der Waals surface area (Å²) in [6.45, 7) is 2.09. The number of amides is 1. The number of carbonyl (C=O) groups is 1. The number of benzene rings is 1. The monoisotopic (exact) mass is 305 g/mol. The molecular formula is C18H15N3O2. The number of nitriles is 1. The Morgan fingerprint density at radius 1 is 1.35 bits per heavy atom. The molecule has 2 N–H and O–H groups in total. The van der Waals surface area contributed by atoms with E-state index in [0.29, 0.717) is 5.76 Å². The lowest BCUT2D eigenvalue weighted by Crippen LogP contribution is -2.23. The number of hydrogen-bond acceptors (Lipinski definition) is 3. The minimum atomic E-state index is -0.423. The topological polar surface area (TPSA) is 81.8 Å². The van der Waals surface area contributed by atoms with Crippen LogP contribution in [0.3, 0.4) is 0 Å². The molecular weight excluding hydrogens is 290 g/mol. The lowest BCUT2D eigenvalue weighted by Gasteiger charge is -2.02. The third-order valence-corrected chi connectivity index (χ3v) is 3.47. The Morgan fingerprint density at radius 3 is 2.96 bits per heavy atom. The molecule has 5 heteroatoms. The fraction of sp³-hybridized carbons (Fsp3) is 0.111. The molecule has 114 valence electrons. The molecule has 0 radical (unpaired) electrons. The zero-order valence-electron chi connectivity index (χ0n) is 12.6. The summed E-state index contributed by atoms with van der Waals surface area (Å²) in [7, 11) is 0. The molecule has 0 saturated heterocycles. The van der Waals surface area contributed by atoms with Crippen molar-refractivity contribution in [3.8, 4) is 6.07 Å². The minimum Gasteiger partial charge on any atom is -0.465 e. The molecule has 2 heterocycles. The average Bonchev–Trinajstić information content (AvgIpc) is 3.18.